The summed E-state index contributed by atoms with van der Waals surface area (Å²) in [5, 5.41) is 9.03. The van der Waals surface area contributed by atoms with Gasteiger partial charge in [-0.25, -0.2) is 5.10 Å². The van der Waals surface area contributed by atoms with Crippen molar-refractivity contribution >= 4 is 18.4 Å². The van der Waals surface area contributed by atoms with Crippen molar-refractivity contribution in [1.82, 2.24) is 14.9 Å². The Hall–Kier alpha value is -2.36. The molecule has 1 heterocycles. The monoisotopic (exact) mass is 388 g/mol. The first-order valence-electron chi connectivity index (χ1n) is 7.91. The molecule has 0 aliphatic rings. The fourth-order valence-corrected chi connectivity index (χ4v) is 2.13. The van der Waals surface area contributed by atoms with E-state index in [4.69, 9.17) is 21.7 Å². The van der Waals surface area contributed by atoms with Crippen molar-refractivity contribution in [1.29, 1.82) is 0 Å². The number of nitrogens with zero attached hydrogens (tertiary/aromatic N) is 3. The van der Waals surface area contributed by atoms with Crippen molar-refractivity contribution in [2.24, 2.45) is 11.0 Å². The van der Waals surface area contributed by atoms with Gasteiger partial charge in [-0.2, -0.15) is 22.9 Å². The van der Waals surface area contributed by atoms with E-state index in [0.717, 1.165) is 0 Å². The SMILES string of the molecule is CCOc1cc(/C=N\n2c(C(F)(F)F)n[nH]c2=S)ccc1OCC(C)C. The molecule has 1 aromatic carbocycles. The van der Waals surface area contributed by atoms with Gasteiger partial charge in [0.15, 0.2) is 11.5 Å². The summed E-state index contributed by atoms with van der Waals surface area (Å²) in [5.41, 5.74) is 0.529. The summed E-state index contributed by atoms with van der Waals surface area (Å²) in [5.74, 6) is 0.174. The molecule has 1 N–H and O–H groups in total. The zero-order chi connectivity index (χ0) is 19.3. The number of hydrogen-bond acceptors (Lipinski definition) is 5. The van der Waals surface area contributed by atoms with Crippen molar-refractivity contribution in [3.8, 4) is 11.5 Å². The minimum Gasteiger partial charge on any atom is -0.490 e. The Labute approximate surface area is 153 Å². The Bertz CT molecular complexity index is 828. The molecule has 2 rings (SSSR count). The van der Waals surface area contributed by atoms with Crippen LogP contribution in [0.2, 0.25) is 0 Å². The van der Waals surface area contributed by atoms with E-state index in [-0.39, 0.29) is 4.77 Å². The average molecular weight is 388 g/mol. The van der Waals surface area contributed by atoms with Crippen molar-refractivity contribution in [2.75, 3.05) is 13.2 Å². The fourth-order valence-electron chi connectivity index (χ4n) is 1.96. The van der Waals surface area contributed by atoms with Crippen LogP contribution in [0.15, 0.2) is 23.3 Å². The van der Waals surface area contributed by atoms with E-state index in [1.165, 1.54) is 6.21 Å². The van der Waals surface area contributed by atoms with Gasteiger partial charge in [0.25, 0.3) is 5.82 Å². The molecular weight excluding hydrogens is 369 g/mol. The highest BCUT2D eigenvalue weighted by molar-refractivity contribution is 7.71. The van der Waals surface area contributed by atoms with Gasteiger partial charge in [-0.3, -0.25) is 0 Å². The van der Waals surface area contributed by atoms with Crippen LogP contribution in [0.1, 0.15) is 32.2 Å². The zero-order valence-corrected chi connectivity index (χ0v) is 15.3. The second-order valence-electron chi connectivity index (χ2n) is 5.75. The number of hydrogen-bond donors (Lipinski definition) is 1. The van der Waals surface area contributed by atoms with Crippen LogP contribution in [-0.4, -0.2) is 34.3 Å². The highest BCUT2D eigenvalue weighted by atomic mass is 32.1. The molecule has 26 heavy (non-hydrogen) atoms. The second kappa shape index (κ2) is 8.35. The lowest BCUT2D eigenvalue weighted by Gasteiger charge is -2.13. The van der Waals surface area contributed by atoms with Gasteiger partial charge in [0.2, 0.25) is 4.77 Å². The number of alkyl halides is 3. The Morgan fingerprint density at radius 1 is 1.31 bits per heavy atom. The molecule has 0 unspecified atom stereocenters. The Kier molecular flexibility index (Phi) is 6.41. The van der Waals surface area contributed by atoms with Crippen molar-refractivity contribution in [2.45, 2.75) is 26.9 Å². The van der Waals surface area contributed by atoms with E-state index in [1.54, 1.807) is 18.2 Å². The molecule has 0 aliphatic heterocycles. The van der Waals surface area contributed by atoms with E-state index >= 15 is 0 Å². The number of aromatic nitrogens is 3. The fraction of sp³-hybridized carbons (Fsp3) is 0.438. The van der Waals surface area contributed by atoms with Crippen LogP contribution in [0.5, 0.6) is 11.5 Å². The van der Waals surface area contributed by atoms with E-state index in [0.29, 0.717) is 40.9 Å². The maximum atomic E-state index is 12.9. The molecule has 0 atom stereocenters. The molecule has 0 bridgehead atoms. The lowest BCUT2D eigenvalue weighted by atomic mass is 10.2. The smallest absolute Gasteiger partial charge is 0.453 e. The Morgan fingerprint density at radius 2 is 2.04 bits per heavy atom. The minimum absolute atomic E-state index is 0.254. The van der Waals surface area contributed by atoms with Crippen LogP contribution in [0.4, 0.5) is 13.2 Å². The molecule has 0 aliphatic carbocycles. The van der Waals surface area contributed by atoms with Crippen molar-refractivity contribution in [3.05, 3.63) is 34.4 Å². The number of benzene rings is 1. The molecule has 6 nitrogen and oxygen atoms in total. The van der Waals surface area contributed by atoms with Gasteiger partial charge in [0.05, 0.1) is 19.4 Å². The van der Waals surface area contributed by atoms with Gasteiger partial charge in [-0.05, 0) is 48.8 Å². The molecule has 0 fully saturated rings. The second-order valence-corrected chi connectivity index (χ2v) is 6.14. The van der Waals surface area contributed by atoms with Gasteiger partial charge in [0.1, 0.15) is 0 Å². The molecule has 0 saturated carbocycles. The largest absolute Gasteiger partial charge is 0.490 e. The third-order valence-corrected chi connectivity index (χ3v) is 3.33. The van der Waals surface area contributed by atoms with Gasteiger partial charge in [-0.15, -0.1) is 5.10 Å². The quantitative estimate of drug-likeness (QED) is 0.568. The van der Waals surface area contributed by atoms with Crippen molar-refractivity contribution < 1.29 is 22.6 Å². The third kappa shape index (κ3) is 5.07. The van der Waals surface area contributed by atoms with Gasteiger partial charge < -0.3 is 9.47 Å². The predicted molar refractivity (Wildman–Crippen MR) is 93.3 cm³/mol. The molecule has 10 heteroatoms. The highest BCUT2D eigenvalue weighted by Gasteiger charge is 2.37. The maximum Gasteiger partial charge on any atom is 0.453 e. The number of rotatable bonds is 7. The molecule has 0 amide bonds. The van der Waals surface area contributed by atoms with Crippen LogP contribution in [0.25, 0.3) is 0 Å². The summed E-state index contributed by atoms with van der Waals surface area (Å²) < 4.78 is 50.2. The first-order chi connectivity index (χ1) is 12.2. The summed E-state index contributed by atoms with van der Waals surface area (Å²) in [4.78, 5) is 0. The Morgan fingerprint density at radius 3 is 2.65 bits per heavy atom. The zero-order valence-electron chi connectivity index (χ0n) is 14.5. The predicted octanol–water partition coefficient (Wildman–Crippen LogP) is 4.28. The van der Waals surface area contributed by atoms with Gasteiger partial charge in [0, 0.05) is 0 Å². The summed E-state index contributed by atoms with van der Waals surface area (Å²) in [7, 11) is 0. The van der Waals surface area contributed by atoms with E-state index < -0.39 is 12.0 Å². The van der Waals surface area contributed by atoms with Gasteiger partial charge >= 0.3 is 6.18 Å². The Balaban J connectivity index is 2.30. The standard InChI is InChI=1S/C16H19F3N4O2S/c1-4-24-13-7-11(5-6-12(13)25-9-10(2)3)8-20-23-14(16(17,18)19)21-22-15(23)26/h5-8,10H,4,9H2,1-3H3,(H,22,26)/b20-8-. The van der Waals surface area contributed by atoms with Crippen molar-refractivity contribution in [3.63, 3.8) is 0 Å². The molecule has 0 spiro atoms. The lowest BCUT2D eigenvalue weighted by molar-refractivity contribution is -0.147. The average Bonchev–Trinajstić information content (AvgIpc) is 2.93. The van der Waals surface area contributed by atoms with Gasteiger partial charge in [-0.1, -0.05) is 13.8 Å². The van der Waals surface area contributed by atoms with Crippen LogP contribution < -0.4 is 9.47 Å². The summed E-state index contributed by atoms with van der Waals surface area (Å²) in [6, 6.07) is 4.99. The molecule has 0 saturated heterocycles. The normalized spacial score (nSPS) is 12.1. The van der Waals surface area contributed by atoms with Crippen LogP contribution in [0.3, 0.4) is 0 Å². The first kappa shape index (κ1) is 20.0. The maximum absolute atomic E-state index is 12.9. The van der Waals surface area contributed by atoms with E-state index in [1.807, 2.05) is 20.8 Å². The topological polar surface area (TPSA) is 64.4 Å². The van der Waals surface area contributed by atoms with Crippen LogP contribution >= 0.6 is 12.2 Å². The third-order valence-electron chi connectivity index (χ3n) is 3.07. The molecule has 0 radical (unpaired) electrons. The molecule has 142 valence electrons. The molecule has 1 aromatic heterocycles. The first-order valence-corrected chi connectivity index (χ1v) is 8.31. The van der Waals surface area contributed by atoms with Crippen LogP contribution in [0, 0.1) is 10.7 Å². The summed E-state index contributed by atoms with van der Waals surface area (Å²) >= 11 is 4.79. The summed E-state index contributed by atoms with van der Waals surface area (Å²) in [6.07, 6.45) is -3.43. The summed E-state index contributed by atoms with van der Waals surface area (Å²) in [6.45, 7) is 6.81. The van der Waals surface area contributed by atoms with E-state index in [9.17, 15) is 13.2 Å². The number of aromatic amines is 1. The lowest BCUT2D eigenvalue weighted by Crippen LogP contribution is -2.12. The van der Waals surface area contributed by atoms with Crippen LogP contribution in [-0.2, 0) is 6.18 Å². The minimum atomic E-state index is -4.67. The number of nitrogens with one attached hydrogen (secondary N) is 1. The molecular formula is C16H19F3N4O2S. The molecule has 2 aromatic rings. The van der Waals surface area contributed by atoms with E-state index in [2.05, 4.69) is 15.3 Å². The number of ether oxygens (including phenoxy) is 2. The number of H-pyrrole nitrogens is 1. The highest BCUT2D eigenvalue weighted by Crippen LogP contribution is 2.29. The number of halogens is 3.